The summed E-state index contributed by atoms with van der Waals surface area (Å²) in [7, 11) is 0. The smallest absolute Gasteiger partial charge is 0.219 e. The van der Waals surface area contributed by atoms with Crippen molar-refractivity contribution in [2.75, 3.05) is 42.1 Å². The van der Waals surface area contributed by atoms with Gasteiger partial charge >= 0.3 is 0 Å². The maximum atomic E-state index is 11.4. The SMILES string of the molecule is CC(=O)N1CCN(c2ccc(N)c(NC(C)(C)C)c2)CC1. The standard InChI is InChI=1S/C16H26N4O/c1-12(21)19-7-9-20(10-8-19)13-5-6-14(17)15(11-13)18-16(2,3)4/h5-6,11,18H,7-10,17H2,1-4H3. The van der Waals surface area contributed by atoms with Gasteiger partial charge in [-0.05, 0) is 39.0 Å². The van der Waals surface area contributed by atoms with Crippen molar-refractivity contribution in [3.63, 3.8) is 0 Å². The van der Waals surface area contributed by atoms with E-state index in [1.54, 1.807) is 6.92 Å². The molecule has 1 aliphatic heterocycles. The van der Waals surface area contributed by atoms with Crippen molar-refractivity contribution >= 4 is 23.0 Å². The zero-order valence-electron chi connectivity index (χ0n) is 13.4. The Morgan fingerprint density at radius 3 is 2.33 bits per heavy atom. The van der Waals surface area contributed by atoms with Gasteiger partial charge in [0.05, 0.1) is 11.4 Å². The number of hydrogen-bond donors (Lipinski definition) is 2. The van der Waals surface area contributed by atoms with Crippen molar-refractivity contribution in [1.82, 2.24) is 4.90 Å². The molecule has 1 fully saturated rings. The molecule has 0 radical (unpaired) electrons. The fraction of sp³-hybridized carbons (Fsp3) is 0.562. The third-order valence-corrected chi connectivity index (χ3v) is 3.64. The number of piperazine rings is 1. The maximum absolute atomic E-state index is 11.4. The zero-order chi connectivity index (χ0) is 15.6. The summed E-state index contributed by atoms with van der Waals surface area (Å²) in [5, 5.41) is 3.44. The van der Waals surface area contributed by atoms with Gasteiger partial charge in [0.2, 0.25) is 5.91 Å². The van der Waals surface area contributed by atoms with Crippen LogP contribution in [0.3, 0.4) is 0 Å². The summed E-state index contributed by atoms with van der Waals surface area (Å²) < 4.78 is 0. The zero-order valence-corrected chi connectivity index (χ0v) is 13.4. The predicted molar refractivity (Wildman–Crippen MR) is 88.7 cm³/mol. The van der Waals surface area contributed by atoms with Crippen LogP contribution < -0.4 is 16.0 Å². The van der Waals surface area contributed by atoms with Gasteiger partial charge in [-0.25, -0.2) is 0 Å². The number of amides is 1. The molecule has 1 saturated heterocycles. The van der Waals surface area contributed by atoms with Crippen molar-refractivity contribution in [3.05, 3.63) is 18.2 Å². The second-order valence-corrected chi connectivity index (χ2v) is 6.64. The molecule has 21 heavy (non-hydrogen) atoms. The largest absolute Gasteiger partial charge is 0.397 e. The van der Waals surface area contributed by atoms with Gasteiger partial charge in [0.25, 0.3) is 0 Å². The summed E-state index contributed by atoms with van der Waals surface area (Å²) in [5.41, 5.74) is 8.91. The minimum atomic E-state index is -0.0277. The van der Waals surface area contributed by atoms with Crippen LogP contribution in [-0.2, 0) is 4.79 Å². The van der Waals surface area contributed by atoms with Crippen LogP contribution in [0, 0.1) is 0 Å². The summed E-state index contributed by atoms with van der Waals surface area (Å²) in [5.74, 6) is 0.155. The van der Waals surface area contributed by atoms with Crippen LogP contribution in [0.5, 0.6) is 0 Å². The average Bonchev–Trinajstić information content (AvgIpc) is 2.40. The number of benzene rings is 1. The maximum Gasteiger partial charge on any atom is 0.219 e. The topological polar surface area (TPSA) is 61.6 Å². The molecular weight excluding hydrogens is 264 g/mol. The molecule has 0 saturated carbocycles. The fourth-order valence-corrected chi connectivity index (χ4v) is 2.53. The van der Waals surface area contributed by atoms with E-state index < -0.39 is 0 Å². The first-order chi connectivity index (χ1) is 9.76. The Morgan fingerprint density at radius 1 is 1.19 bits per heavy atom. The van der Waals surface area contributed by atoms with Crippen LogP contribution in [0.2, 0.25) is 0 Å². The van der Waals surface area contributed by atoms with Gasteiger partial charge in [-0.2, -0.15) is 0 Å². The van der Waals surface area contributed by atoms with Crippen LogP contribution in [-0.4, -0.2) is 42.5 Å². The van der Waals surface area contributed by atoms with Crippen LogP contribution in [0.15, 0.2) is 18.2 Å². The third-order valence-electron chi connectivity index (χ3n) is 3.64. The van der Waals surface area contributed by atoms with E-state index in [0.29, 0.717) is 0 Å². The van der Waals surface area contributed by atoms with E-state index in [1.807, 2.05) is 17.0 Å². The molecule has 1 aromatic rings. The number of hydrogen-bond acceptors (Lipinski definition) is 4. The van der Waals surface area contributed by atoms with Crippen molar-refractivity contribution in [1.29, 1.82) is 0 Å². The lowest BCUT2D eigenvalue weighted by Crippen LogP contribution is -2.48. The minimum absolute atomic E-state index is 0.0277. The molecule has 0 unspecified atom stereocenters. The molecule has 3 N–H and O–H groups in total. The first-order valence-electron chi connectivity index (χ1n) is 7.44. The molecular formula is C16H26N4O. The number of nitrogens with one attached hydrogen (secondary N) is 1. The van der Waals surface area contributed by atoms with Gasteiger partial charge in [-0.1, -0.05) is 0 Å². The van der Waals surface area contributed by atoms with Crippen LogP contribution in [0.1, 0.15) is 27.7 Å². The van der Waals surface area contributed by atoms with Crippen molar-refractivity contribution in [3.8, 4) is 0 Å². The van der Waals surface area contributed by atoms with Crippen molar-refractivity contribution in [2.24, 2.45) is 0 Å². The first-order valence-corrected chi connectivity index (χ1v) is 7.44. The molecule has 0 atom stereocenters. The lowest BCUT2D eigenvalue weighted by Gasteiger charge is -2.36. The predicted octanol–water partition coefficient (Wildman–Crippen LogP) is 2.15. The number of carbonyl (C=O) groups is 1. The summed E-state index contributed by atoms with van der Waals surface area (Å²) in [4.78, 5) is 15.6. The summed E-state index contributed by atoms with van der Waals surface area (Å²) in [6, 6.07) is 6.09. The molecule has 0 bridgehead atoms. The van der Waals surface area contributed by atoms with Crippen molar-refractivity contribution < 1.29 is 4.79 Å². The molecule has 5 heteroatoms. The molecule has 5 nitrogen and oxygen atoms in total. The van der Waals surface area contributed by atoms with Crippen LogP contribution in [0.25, 0.3) is 0 Å². The molecule has 1 aliphatic rings. The Kier molecular flexibility index (Phi) is 4.30. The Labute approximate surface area is 127 Å². The molecule has 0 aliphatic carbocycles. The highest BCUT2D eigenvalue weighted by Gasteiger charge is 2.20. The first kappa shape index (κ1) is 15.5. The number of nitrogens with zero attached hydrogens (tertiary/aromatic N) is 2. The van der Waals surface area contributed by atoms with Gasteiger partial charge in [0.1, 0.15) is 0 Å². The van der Waals surface area contributed by atoms with Crippen molar-refractivity contribution in [2.45, 2.75) is 33.2 Å². The number of rotatable bonds is 2. The second-order valence-electron chi connectivity index (χ2n) is 6.64. The van der Waals surface area contributed by atoms with E-state index in [4.69, 9.17) is 5.73 Å². The van der Waals surface area contributed by atoms with E-state index in [0.717, 1.165) is 43.2 Å². The molecule has 0 aromatic heterocycles. The molecule has 2 rings (SSSR count). The van der Waals surface area contributed by atoms with E-state index in [9.17, 15) is 4.79 Å². The molecule has 0 spiro atoms. The average molecular weight is 290 g/mol. The highest BCUT2D eigenvalue weighted by Crippen LogP contribution is 2.28. The Balaban J connectivity index is 2.11. The van der Waals surface area contributed by atoms with Gasteiger partial charge in [0, 0.05) is 44.3 Å². The summed E-state index contributed by atoms with van der Waals surface area (Å²) in [6.45, 7) is 11.3. The number of anilines is 3. The van der Waals surface area contributed by atoms with E-state index >= 15 is 0 Å². The number of carbonyl (C=O) groups excluding carboxylic acids is 1. The van der Waals surface area contributed by atoms with E-state index in [1.165, 1.54) is 0 Å². The summed E-state index contributed by atoms with van der Waals surface area (Å²) >= 11 is 0. The molecule has 1 amide bonds. The molecule has 1 heterocycles. The third kappa shape index (κ3) is 4.03. The highest BCUT2D eigenvalue weighted by atomic mass is 16.2. The Bertz CT molecular complexity index is 513. The van der Waals surface area contributed by atoms with Gasteiger partial charge < -0.3 is 20.9 Å². The fourth-order valence-electron chi connectivity index (χ4n) is 2.53. The lowest BCUT2D eigenvalue weighted by atomic mass is 10.1. The Morgan fingerprint density at radius 2 is 1.81 bits per heavy atom. The highest BCUT2D eigenvalue weighted by molar-refractivity contribution is 5.75. The second kappa shape index (κ2) is 5.84. The quantitative estimate of drug-likeness (QED) is 0.819. The number of nitrogen functional groups attached to an aromatic ring is 1. The van der Waals surface area contributed by atoms with Gasteiger partial charge in [-0.3, -0.25) is 4.79 Å². The van der Waals surface area contributed by atoms with Gasteiger partial charge in [-0.15, -0.1) is 0 Å². The summed E-state index contributed by atoms with van der Waals surface area (Å²) in [6.07, 6.45) is 0. The van der Waals surface area contributed by atoms with Crippen LogP contribution >= 0.6 is 0 Å². The van der Waals surface area contributed by atoms with E-state index in [-0.39, 0.29) is 11.4 Å². The molecule has 116 valence electrons. The van der Waals surface area contributed by atoms with Gasteiger partial charge in [0.15, 0.2) is 0 Å². The Hall–Kier alpha value is -1.91. The number of nitrogens with two attached hydrogens (primary N) is 1. The lowest BCUT2D eigenvalue weighted by molar-refractivity contribution is -0.129. The molecule has 1 aromatic carbocycles. The van der Waals surface area contributed by atoms with Crippen LogP contribution in [0.4, 0.5) is 17.1 Å². The normalized spacial score (nSPS) is 16.0. The minimum Gasteiger partial charge on any atom is -0.397 e. The van der Waals surface area contributed by atoms with E-state index in [2.05, 4.69) is 37.1 Å². The monoisotopic (exact) mass is 290 g/mol.